The van der Waals surface area contributed by atoms with Gasteiger partial charge in [0.05, 0.1) is 18.7 Å². The third kappa shape index (κ3) is 3.80. The number of para-hydroxylation sites is 1. The second-order valence-electron chi connectivity index (χ2n) is 4.97. The molecule has 0 aromatic heterocycles. The number of benzene rings is 2. The number of ether oxygens (including phenoxy) is 2. The lowest BCUT2D eigenvalue weighted by Gasteiger charge is -2.23. The highest BCUT2D eigenvalue weighted by Gasteiger charge is 2.21. The van der Waals surface area contributed by atoms with Crippen molar-refractivity contribution in [1.82, 2.24) is 0 Å². The Bertz CT molecular complexity index is 723. The molecule has 0 spiro atoms. The molecule has 0 saturated heterocycles. The molecule has 2 aromatic rings. The Hall–Kier alpha value is -3.00. The van der Waals surface area contributed by atoms with Crippen molar-refractivity contribution in [1.29, 1.82) is 5.26 Å². The topological polar surface area (TPSA) is 62.6 Å². The van der Waals surface area contributed by atoms with Crippen LogP contribution >= 0.6 is 0 Å². The molecule has 0 heterocycles. The number of nitrogens with zero attached hydrogens (tertiary/aromatic N) is 2. The van der Waals surface area contributed by atoms with Gasteiger partial charge in [-0.15, -0.1) is 0 Å². The minimum atomic E-state index is -0.693. The Morgan fingerprint density at radius 2 is 1.87 bits per heavy atom. The first kappa shape index (κ1) is 16.4. The van der Waals surface area contributed by atoms with Crippen molar-refractivity contribution >= 4 is 11.6 Å². The van der Waals surface area contributed by atoms with Gasteiger partial charge >= 0.3 is 0 Å². The third-order valence-corrected chi connectivity index (χ3v) is 3.42. The van der Waals surface area contributed by atoms with E-state index in [1.807, 2.05) is 36.4 Å². The molecule has 0 N–H and O–H groups in total. The van der Waals surface area contributed by atoms with E-state index in [9.17, 15) is 4.79 Å². The van der Waals surface area contributed by atoms with Gasteiger partial charge in [0.15, 0.2) is 17.6 Å². The van der Waals surface area contributed by atoms with Crippen molar-refractivity contribution in [2.45, 2.75) is 13.0 Å². The van der Waals surface area contributed by atoms with Crippen molar-refractivity contribution in [3.63, 3.8) is 0 Å². The monoisotopic (exact) mass is 310 g/mol. The largest absolute Gasteiger partial charge is 0.493 e. The first-order valence-electron chi connectivity index (χ1n) is 7.14. The fourth-order valence-corrected chi connectivity index (χ4v) is 2.13. The highest BCUT2D eigenvalue weighted by Crippen LogP contribution is 2.29. The minimum Gasteiger partial charge on any atom is -0.493 e. The fourth-order valence-electron chi connectivity index (χ4n) is 2.13. The average Bonchev–Trinajstić information content (AvgIpc) is 2.61. The predicted molar refractivity (Wildman–Crippen MR) is 87.7 cm³/mol. The molecule has 0 fully saturated rings. The average molecular weight is 310 g/mol. The molecule has 0 aliphatic rings. The van der Waals surface area contributed by atoms with Crippen molar-refractivity contribution in [3.8, 4) is 17.6 Å². The molecule has 5 heteroatoms. The van der Waals surface area contributed by atoms with Crippen molar-refractivity contribution in [2.24, 2.45) is 0 Å². The quantitative estimate of drug-likeness (QED) is 0.851. The Balaban J connectivity index is 2.14. The van der Waals surface area contributed by atoms with Gasteiger partial charge in [-0.3, -0.25) is 4.79 Å². The maximum absolute atomic E-state index is 12.5. The number of carbonyl (C=O) groups is 1. The summed E-state index contributed by atoms with van der Waals surface area (Å²) in [5.74, 6) is 0.669. The number of methoxy groups -OCH3 is 1. The van der Waals surface area contributed by atoms with Gasteiger partial charge in [-0.1, -0.05) is 18.2 Å². The Morgan fingerprint density at radius 3 is 2.48 bits per heavy atom. The van der Waals surface area contributed by atoms with E-state index in [0.717, 1.165) is 5.69 Å². The first-order valence-corrected chi connectivity index (χ1v) is 7.14. The van der Waals surface area contributed by atoms with Crippen LogP contribution in [-0.4, -0.2) is 26.2 Å². The van der Waals surface area contributed by atoms with E-state index < -0.39 is 6.10 Å². The van der Waals surface area contributed by atoms with Gasteiger partial charge in [0.25, 0.3) is 5.91 Å². The van der Waals surface area contributed by atoms with E-state index in [1.54, 1.807) is 37.1 Å². The highest BCUT2D eigenvalue weighted by atomic mass is 16.5. The Morgan fingerprint density at radius 1 is 1.17 bits per heavy atom. The molecule has 0 aliphatic heterocycles. The zero-order valence-corrected chi connectivity index (χ0v) is 13.3. The molecule has 0 radical (unpaired) electrons. The molecule has 1 amide bonds. The lowest BCUT2D eigenvalue weighted by Crippen LogP contribution is -2.38. The molecular weight excluding hydrogens is 292 g/mol. The number of carbonyl (C=O) groups excluding carboxylic acids is 1. The van der Waals surface area contributed by atoms with Crippen LogP contribution in [-0.2, 0) is 4.79 Å². The standard InChI is InChI=1S/C18H18N2O3/c1-13(18(21)20(2)15-7-5-4-6-8-15)23-16-10-9-14(12-19)11-17(16)22-3/h4-11,13H,1-3H3. The second-order valence-corrected chi connectivity index (χ2v) is 4.97. The number of amides is 1. The van der Waals surface area contributed by atoms with Crippen LogP contribution in [0.1, 0.15) is 12.5 Å². The number of likely N-dealkylation sites (N-methyl/N-ethyl adjacent to an activating group) is 1. The summed E-state index contributed by atoms with van der Waals surface area (Å²) in [6.07, 6.45) is -0.693. The molecule has 0 saturated carbocycles. The summed E-state index contributed by atoms with van der Waals surface area (Å²) in [4.78, 5) is 14.0. The number of anilines is 1. The molecule has 2 aromatic carbocycles. The molecule has 1 atom stereocenters. The molecule has 2 rings (SSSR count). The smallest absolute Gasteiger partial charge is 0.267 e. The van der Waals surface area contributed by atoms with Crippen LogP contribution in [0.3, 0.4) is 0 Å². The summed E-state index contributed by atoms with van der Waals surface area (Å²) in [5, 5.41) is 8.91. The summed E-state index contributed by atoms with van der Waals surface area (Å²) >= 11 is 0. The van der Waals surface area contributed by atoms with E-state index in [1.165, 1.54) is 7.11 Å². The molecule has 5 nitrogen and oxygen atoms in total. The van der Waals surface area contributed by atoms with Crippen molar-refractivity contribution in [3.05, 3.63) is 54.1 Å². The van der Waals surface area contributed by atoms with Gasteiger partial charge in [-0.05, 0) is 31.2 Å². The van der Waals surface area contributed by atoms with Gasteiger partial charge in [-0.2, -0.15) is 5.26 Å². The van der Waals surface area contributed by atoms with Crippen LogP contribution in [0.5, 0.6) is 11.5 Å². The predicted octanol–water partition coefficient (Wildman–Crippen LogP) is 3.00. The summed E-state index contributed by atoms with van der Waals surface area (Å²) in [7, 11) is 3.19. The van der Waals surface area contributed by atoms with E-state index in [4.69, 9.17) is 14.7 Å². The van der Waals surface area contributed by atoms with Crippen LogP contribution in [0, 0.1) is 11.3 Å². The van der Waals surface area contributed by atoms with Crippen LogP contribution in [0.2, 0.25) is 0 Å². The molecule has 0 bridgehead atoms. The first-order chi connectivity index (χ1) is 11.1. The third-order valence-electron chi connectivity index (χ3n) is 3.42. The highest BCUT2D eigenvalue weighted by molar-refractivity contribution is 5.96. The fraction of sp³-hybridized carbons (Fsp3) is 0.222. The van der Waals surface area contributed by atoms with Gasteiger partial charge in [-0.25, -0.2) is 0 Å². The number of nitriles is 1. The normalized spacial score (nSPS) is 11.2. The summed E-state index contributed by atoms with van der Waals surface area (Å²) in [6.45, 7) is 1.68. The zero-order valence-electron chi connectivity index (χ0n) is 13.3. The van der Waals surface area contributed by atoms with Gasteiger partial charge < -0.3 is 14.4 Å². The summed E-state index contributed by atoms with van der Waals surface area (Å²) in [5.41, 5.74) is 1.26. The van der Waals surface area contributed by atoms with Crippen LogP contribution < -0.4 is 14.4 Å². The lowest BCUT2D eigenvalue weighted by atomic mass is 10.2. The summed E-state index contributed by atoms with van der Waals surface area (Å²) < 4.78 is 10.9. The summed E-state index contributed by atoms with van der Waals surface area (Å²) in [6, 6.07) is 16.2. The van der Waals surface area contributed by atoms with E-state index in [0.29, 0.717) is 17.1 Å². The van der Waals surface area contributed by atoms with E-state index >= 15 is 0 Å². The number of hydrogen-bond donors (Lipinski definition) is 0. The van der Waals surface area contributed by atoms with Gasteiger partial charge in [0.1, 0.15) is 0 Å². The molecule has 23 heavy (non-hydrogen) atoms. The van der Waals surface area contributed by atoms with Crippen LogP contribution in [0.25, 0.3) is 0 Å². The van der Waals surface area contributed by atoms with E-state index in [2.05, 4.69) is 0 Å². The Labute approximate surface area is 135 Å². The number of hydrogen-bond acceptors (Lipinski definition) is 4. The lowest BCUT2D eigenvalue weighted by molar-refractivity contribution is -0.124. The van der Waals surface area contributed by atoms with Crippen LogP contribution in [0.4, 0.5) is 5.69 Å². The van der Waals surface area contributed by atoms with Crippen LogP contribution in [0.15, 0.2) is 48.5 Å². The van der Waals surface area contributed by atoms with Crippen molar-refractivity contribution in [2.75, 3.05) is 19.1 Å². The second kappa shape index (κ2) is 7.32. The molecule has 1 unspecified atom stereocenters. The van der Waals surface area contributed by atoms with Gasteiger partial charge in [0.2, 0.25) is 0 Å². The minimum absolute atomic E-state index is 0.178. The van der Waals surface area contributed by atoms with Gasteiger partial charge in [0, 0.05) is 18.8 Å². The van der Waals surface area contributed by atoms with Crippen molar-refractivity contribution < 1.29 is 14.3 Å². The molecular formula is C18H18N2O3. The maximum Gasteiger partial charge on any atom is 0.267 e. The molecule has 118 valence electrons. The SMILES string of the molecule is COc1cc(C#N)ccc1OC(C)C(=O)N(C)c1ccccc1. The maximum atomic E-state index is 12.5. The Kier molecular flexibility index (Phi) is 5.21. The zero-order chi connectivity index (χ0) is 16.8. The number of rotatable bonds is 5. The van der Waals surface area contributed by atoms with E-state index in [-0.39, 0.29) is 5.91 Å². The molecule has 0 aliphatic carbocycles.